The monoisotopic (exact) mass is 377 g/mol. The number of hydrogen-bond donors (Lipinski definition) is 5. The molecule has 148 valence electrons. The molecule has 0 aromatic rings. The fourth-order valence-corrected chi connectivity index (χ4v) is 0.285. The number of nitrogens with two attached hydrogens (primary N) is 1. The molecule has 0 saturated carbocycles. The largest absolute Gasteiger partial charge is 0.478 e. The minimum Gasteiger partial charge on any atom is -0.478 e. The van der Waals surface area contributed by atoms with Crippen molar-refractivity contribution in [3.8, 4) is 0 Å². The van der Waals surface area contributed by atoms with Crippen LogP contribution in [0, 0.1) is 0 Å². The Kier molecular flexibility index (Phi) is 22.6. The fourth-order valence-electron chi connectivity index (χ4n) is 0.285. The van der Waals surface area contributed by atoms with Crippen molar-refractivity contribution in [1.82, 2.24) is 0 Å². The number of aliphatic carboxylic acids is 4. The van der Waals surface area contributed by atoms with Crippen molar-refractivity contribution in [2.45, 2.75) is 20.8 Å². The molecule has 0 aliphatic carbocycles. The van der Waals surface area contributed by atoms with Crippen molar-refractivity contribution in [1.29, 1.82) is 0 Å². The fraction of sp³-hybridized carbons (Fsp3) is 0.267. The number of carboxylic acid groups (broad SMARTS) is 4. The molecule has 0 aromatic carbocycles. The van der Waals surface area contributed by atoms with Gasteiger partial charge in [-0.05, 0) is 20.8 Å². The summed E-state index contributed by atoms with van der Waals surface area (Å²) in [7, 11) is 0. The first kappa shape index (κ1) is 30.3. The van der Waals surface area contributed by atoms with Crippen molar-refractivity contribution in [2.24, 2.45) is 5.73 Å². The number of rotatable bonds is 5. The SMILES string of the molecule is C=C(C)C(=O)O.C=C(C)C(=O)O.CCOC(N)=O.O=C(O)/C=C\C(=O)O. The van der Waals surface area contributed by atoms with Gasteiger partial charge < -0.3 is 30.9 Å². The van der Waals surface area contributed by atoms with Gasteiger partial charge in [0.1, 0.15) is 0 Å². The van der Waals surface area contributed by atoms with Crippen LogP contribution in [0.5, 0.6) is 0 Å². The molecule has 0 atom stereocenters. The number of ether oxygens (including phenoxy) is 1. The Bertz CT molecular complexity index is 485. The first-order chi connectivity index (χ1) is 11.7. The van der Waals surface area contributed by atoms with Gasteiger partial charge >= 0.3 is 30.0 Å². The van der Waals surface area contributed by atoms with Crippen LogP contribution in [0.1, 0.15) is 20.8 Å². The van der Waals surface area contributed by atoms with E-state index >= 15 is 0 Å². The van der Waals surface area contributed by atoms with E-state index in [4.69, 9.17) is 20.4 Å². The zero-order valence-corrected chi connectivity index (χ0v) is 14.6. The Morgan fingerprint density at radius 2 is 1.08 bits per heavy atom. The minimum absolute atomic E-state index is 0.176. The van der Waals surface area contributed by atoms with E-state index in [2.05, 4.69) is 23.6 Å². The molecule has 0 radical (unpaired) electrons. The van der Waals surface area contributed by atoms with E-state index in [1.165, 1.54) is 13.8 Å². The highest BCUT2D eigenvalue weighted by Crippen LogP contribution is 1.81. The van der Waals surface area contributed by atoms with Crippen LogP contribution in [0.3, 0.4) is 0 Å². The second-order valence-electron chi connectivity index (χ2n) is 3.93. The molecule has 0 saturated heterocycles. The van der Waals surface area contributed by atoms with Gasteiger partial charge in [-0.25, -0.2) is 24.0 Å². The second kappa shape index (κ2) is 19.4. The summed E-state index contributed by atoms with van der Waals surface area (Å²) in [5.74, 6) is -4.38. The van der Waals surface area contributed by atoms with Gasteiger partial charge in [0.05, 0.1) is 6.61 Å². The number of carbonyl (C=O) groups is 5. The second-order valence-corrected chi connectivity index (χ2v) is 3.93. The molecule has 0 spiro atoms. The minimum atomic E-state index is -1.26. The van der Waals surface area contributed by atoms with Crippen molar-refractivity contribution in [3.05, 3.63) is 36.5 Å². The summed E-state index contributed by atoms with van der Waals surface area (Å²) in [5.41, 5.74) is 4.89. The van der Waals surface area contributed by atoms with Crippen molar-refractivity contribution in [2.75, 3.05) is 6.61 Å². The third kappa shape index (κ3) is 49.9. The van der Waals surface area contributed by atoms with Gasteiger partial charge in [-0.1, -0.05) is 13.2 Å². The summed E-state index contributed by atoms with van der Waals surface area (Å²) in [4.78, 5) is 47.9. The van der Waals surface area contributed by atoms with Crippen molar-refractivity contribution in [3.63, 3.8) is 0 Å². The van der Waals surface area contributed by atoms with Crippen LogP contribution in [0.25, 0.3) is 0 Å². The van der Waals surface area contributed by atoms with Crippen LogP contribution in [0.15, 0.2) is 36.5 Å². The molecular formula is C15H23NO10. The number of carboxylic acids is 4. The summed E-state index contributed by atoms with van der Waals surface area (Å²) in [6.07, 6.45) is 0.405. The molecule has 6 N–H and O–H groups in total. The Morgan fingerprint density at radius 1 is 0.846 bits per heavy atom. The summed E-state index contributed by atoms with van der Waals surface area (Å²) in [6, 6.07) is 0. The molecule has 1 amide bonds. The molecule has 0 aromatic heterocycles. The van der Waals surface area contributed by atoms with E-state index in [-0.39, 0.29) is 11.1 Å². The number of amides is 1. The topological polar surface area (TPSA) is 202 Å². The highest BCUT2D eigenvalue weighted by molar-refractivity contribution is 5.89. The normalized spacial score (nSPS) is 8.12. The van der Waals surface area contributed by atoms with Crippen LogP contribution >= 0.6 is 0 Å². The molecule has 0 aliphatic heterocycles. The van der Waals surface area contributed by atoms with E-state index in [1.54, 1.807) is 6.92 Å². The zero-order valence-electron chi connectivity index (χ0n) is 14.6. The lowest BCUT2D eigenvalue weighted by atomic mass is 10.4. The predicted molar refractivity (Wildman–Crippen MR) is 90.5 cm³/mol. The summed E-state index contributed by atoms with van der Waals surface area (Å²) < 4.78 is 4.18. The lowest BCUT2D eigenvalue weighted by Gasteiger charge is -1.89. The summed E-state index contributed by atoms with van der Waals surface area (Å²) >= 11 is 0. The van der Waals surface area contributed by atoms with E-state index in [9.17, 15) is 24.0 Å². The van der Waals surface area contributed by atoms with Gasteiger partial charge in [0.2, 0.25) is 0 Å². The van der Waals surface area contributed by atoms with E-state index < -0.39 is 30.0 Å². The Hall–Kier alpha value is -3.63. The van der Waals surface area contributed by atoms with Crippen LogP contribution in [0.4, 0.5) is 4.79 Å². The Labute approximate surface area is 149 Å². The van der Waals surface area contributed by atoms with Gasteiger partial charge in [0.15, 0.2) is 0 Å². The Morgan fingerprint density at radius 3 is 1.12 bits per heavy atom. The van der Waals surface area contributed by atoms with Gasteiger partial charge in [-0.15, -0.1) is 0 Å². The van der Waals surface area contributed by atoms with Crippen molar-refractivity contribution >= 4 is 30.0 Å². The highest BCUT2D eigenvalue weighted by Gasteiger charge is 1.91. The number of hydrogen-bond acceptors (Lipinski definition) is 6. The molecule has 11 heteroatoms. The highest BCUT2D eigenvalue weighted by atomic mass is 16.5. The van der Waals surface area contributed by atoms with Gasteiger partial charge in [-0.2, -0.15) is 0 Å². The van der Waals surface area contributed by atoms with E-state index in [0.717, 1.165) is 0 Å². The summed E-state index contributed by atoms with van der Waals surface area (Å²) in [6.45, 7) is 11.3. The molecule has 0 rings (SSSR count). The molecule has 26 heavy (non-hydrogen) atoms. The molecule has 11 nitrogen and oxygen atoms in total. The average molecular weight is 377 g/mol. The maximum absolute atomic E-state index is 9.60. The third-order valence-electron chi connectivity index (χ3n) is 1.39. The molecule has 0 heterocycles. The zero-order chi connectivity index (χ0) is 21.9. The van der Waals surface area contributed by atoms with Gasteiger partial charge in [-0.3, -0.25) is 0 Å². The Balaban J connectivity index is -0.000000125. The molecule has 0 unspecified atom stereocenters. The average Bonchev–Trinajstić information content (AvgIpc) is 2.46. The van der Waals surface area contributed by atoms with E-state index in [1.807, 2.05) is 0 Å². The van der Waals surface area contributed by atoms with E-state index in [0.29, 0.717) is 18.8 Å². The summed E-state index contributed by atoms with van der Waals surface area (Å²) in [5, 5.41) is 31.4. The lowest BCUT2D eigenvalue weighted by Crippen LogP contribution is -2.11. The quantitative estimate of drug-likeness (QED) is 0.432. The molecule has 0 fully saturated rings. The molecule has 0 aliphatic rings. The molecule has 0 bridgehead atoms. The third-order valence-corrected chi connectivity index (χ3v) is 1.39. The van der Waals surface area contributed by atoms with Crippen LogP contribution in [0.2, 0.25) is 0 Å². The number of carbonyl (C=O) groups excluding carboxylic acids is 1. The first-order valence-corrected chi connectivity index (χ1v) is 6.52. The van der Waals surface area contributed by atoms with Crippen LogP contribution in [-0.2, 0) is 23.9 Å². The van der Waals surface area contributed by atoms with Gasteiger partial charge in [0.25, 0.3) is 0 Å². The van der Waals surface area contributed by atoms with Crippen molar-refractivity contribution < 1.29 is 49.1 Å². The predicted octanol–water partition coefficient (Wildman–Crippen LogP) is 1.11. The number of primary amides is 1. The van der Waals surface area contributed by atoms with Crippen LogP contribution < -0.4 is 5.73 Å². The first-order valence-electron chi connectivity index (χ1n) is 6.52. The molecular weight excluding hydrogens is 354 g/mol. The van der Waals surface area contributed by atoms with Crippen LogP contribution in [-0.4, -0.2) is 57.0 Å². The standard InChI is InChI=1S/C4H4O4.2C4H6O2.C3H7NO2/c5-3(6)1-2-4(7)8;2*1-3(2)4(5)6;1-2-6-3(4)5/h1-2H,(H,5,6)(H,7,8);2*1H2,2H3,(H,5,6);2H2,1H3,(H2,4,5)/b2-1-;;;. The van der Waals surface area contributed by atoms with Gasteiger partial charge in [0, 0.05) is 23.3 Å². The maximum Gasteiger partial charge on any atom is 0.404 e. The lowest BCUT2D eigenvalue weighted by molar-refractivity contribution is -0.134. The smallest absolute Gasteiger partial charge is 0.404 e. The maximum atomic E-state index is 9.60.